The predicted molar refractivity (Wildman–Crippen MR) is 89.1 cm³/mol. The lowest BCUT2D eigenvalue weighted by Gasteiger charge is -2.22. The third-order valence-electron chi connectivity index (χ3n) is 3.41. The fourth-order valence-corrected chi connectivity index (χ4v) is 4.78. The highest BCUT2D eigenvalue weighted by Gasteiger charge is 2.22. The van der Waals surface area contributed by atoms with Gasteiger partial charge in [0.15, 0.2) is 0 Å². The summed E-state index contributed by atoms with van der Waals surface area (Å²) in [6.07, 6.45) is 2.01. The third kappa shape index (κ3) is 5.29. The standard InChI is InChI=1S/C15H24N2O2S2/c1-12(2)16-10-13-5-3-7-15(9-13)21(18,19)17-14-6-4-8-20-11-14/h3,5,7,9,12,14,16-17H,4,6,8,10-11H2,1-2H3. The van der Waals surface area contributed by atoms with Crippen LogP contribution in [0.3, 0.4) is 0 Å². The van der Waals surface area contributed by atoms with Gasteiger partial charge in [0.2, 0.25) is 10.0 Å². The van der Waals surface area contributed by atoms with E-state index in [4.69, 9.17) is 0 Å². The Bertz CT molecular complexity index is 553. The molecule has 1 aliphatic rings. The summed E-state index contributed by atoms with van der Waals surface area (Å²) >= 11 is 1.82. The lowest BCUT2D eigenvalue weighted by Crippen LogP contribution is -2.38. The van der Waals surface area contributed by atoms with Gasteiger partial charge >= 0.3 is 0 Å². The molecule has 1 unspecified atom stereocenters. The first-order valence-corrected chi connectivity index (χ1v) is 10.0. The number of benzene rings is 1. The van der Waals surface area contributed by atoms with Gasteiger partial charge in [-0.1, -0.05) is 26.0 Å². The molecule has 0 radical (unpaired) electrons. The molecule has 6 heteroatoms. The second-order valence-electron chi connectivity index (χ2n) is 5.72. The van der Waals surface area contributed by atoms with Gasteiger partial charge in [0, 0.05) is 24.4 Å². The van der Waals surface area contributed by atoms with Crippen LogP contribution >= 0.6 is 11.8 Å². The zero-order valence-electron chi connectivity index (χ0n) is 12.6. The fourth-order valence-electron chi connectivity index (χ4n) is 2.27. The monoisotopic (exact) mass is 328 g/mol. The minimum absolute atomic E-state index is 0.0613. The molecule has 1 atom stereocenters. The van der Waals surface area contributed by atoms with Gasteiger partial charge in [0.05, 0.1) is 4.90 Å². The van der Waals surface area contributed by atoms with E-state index in [9.17, 15) is 8.42 Å². The van der Waals surface area contributed by atoms with Crippen LogP contribution in [0.4, 0.5) is 0 Å². The molecule has 1 fully saturated rings. The van der Waals surface area contributed by atoms with Crippen LogP contribution in [0.15, 0.2) is 29.2 Å². The zero-order valence-corrected chi connectivity index (χ0v) is 14.3. The molecule has 0 amide bonds. The number of nitrogens with one attached hydrogen (secondary N) is 2. The normalized spacial score (nSPS) is 19.9. The molecule has 1 saturated heterocycles. The topological polar surface area (TPSA) is 58.2 Å². The molecular weight excluding hydrogens is 304 g/mol. The minimum atomic E-state index is -3.41. The lowest BCUT2D eigenvalue weighted by atomic mass is 10.2. The average Bonchev–Trinajstić information content (AvgIpc) is 2.46. The van der Waals surface area contributed by atoms with Crippen LogP contribution < -0.4 is 10.0 Å². The minimum Gasteiger partial charge on any atom is -0.310 e. The van der Waals surface area contributed by atoms with Crippen molar-refractivity contribution in [2.24, 2.45) is 0 Å². The molecule has 1 aromatic carbocycles. The van der Waals surface area contributed by atoms with Crippen molar-refractivity contribution in [3.8, 4) is 0 Å². The van der Waals surface area contributed by atoms with E-state index in [1.807, 2.05) is 23.9 Å². The molecule has 2 rings (SSSR count). The molecule has 0 spiro atoms. The first-order chi connectivity index (χ1) is 9.97. The molecule has 0 aliphatic carbocycles. The second kappa shape index (κ2) is 7.63. The van der Waals surface area contributed by atoms with Crippen molar-refractivity contribution >= 4 is 21.8 Å². The Labute approximate surface area is 132 Å². The molecule has 2 N–H and O–H groups in total. The van der Waals surface area contributed by atoms with Crippen molar-refractivity contribution in [3.63, 3.8) is 0 Å². The van der Waals surface area contributed by atoms with Crippen molar-refractivity contribution in [1.29, 1.82) is 0 Å². The Balaban J connectivity index is 2.06. The van der Waals surface area contributed by atoms with Crippen molar-refractivity contribution in [3.05, 3.63) is 29.8 Å². The fraction of sp³-hybridized carbons (Fsp3) is 0.600. The summed E-state index contributed by atoms with van der Waals surface area (Å²) in [5.74, 6) is 2.00. The molecule has 0 bridgehead atoms. The van der Waals surface area contributed by atoms with Gasteiger partial charge in [0.25, 0.3) is 0 Å². The molecule has 0 aromatic heterocycles. The van der Waals surface area contributed by atoms with Crippen LogP contribution in [-0.4, -0.2) is 32.0 Å². The maximum atomic E-state index is 12.4. The summed E-state index contributed by atoms with van der Waals surface area (Å²) in [6, 6.07) is 7.62. The number of sulfonamides is 1. The van der Waals surface area contributed by atoms with E-state index in [0.29, 0.717) is 17.5 Å². The van der Waals surface area contributed by atoms with E-state index in [1.165, 1.54) is 0 Å². The highest BCUT2D eigenvalue weighted by Crippen LogP contribution is 2.19. The summed E-state index contributed by atoms with van der Waals surface area (Å²) < 4.78 is 27.7. The first-order valence-electron chi connectivity index (χ1n) is 7.40. The Morgan fingerprint density at radius 2 is 2.19 bits per heavy atom. The van der Waals surface area contributed by atoms with Gasteiger partial charge in [0.1, 0.15) is 0 Å². The molecule has 0 saturated carbocycles. The Hall–Kier alpha value is -0.560. The van der Waals surface area contributed by atoms with Crippen LogP contribution in [0.2, 0.25) is 0 Å². The van der Waals surface area contributed by atoms with E-state index in [0.717, 1.165) is 29.9 Å². The van der Waals surface area contributed by atoms with Gasteiger partial charge in [-0.15, -0.1) is 0 Å². The Morgan fingerprint density at radius 1 is 1.38 bits per heavy atom. The predicted octanol–water partition coefficient (Wildman–Crippen LogP) is 2.36. The van der Waals surface area contributed by atoms with E-state index in [1.54, 1.807) is 12.1 Å². The van der Waals surface area contributed by atoms with Crippen molar-refractivity contribution in [2.45, 2.75) is 50.2 Å². The van der Waals surface area contributed by atoms with Crippen LogP contribution in [0.1, 0.15) is 32.3 Å². The van der Waals surface area contributed by atoms with Crippen LogP contribution in [0.5, 0.6) is 0 Å². The van der Waals surface area contributed by atoms with Gasteiger partial charge in [-0.3, -0.25) is 0 Å². The maximum Gasteiger partial charge on any atom is 0.240 e. The smallest absolute Gasteiger partial charge is 0.240 e. The Kier molecular flexibility index (Phi) is 6.10. The number of hydrogen-bond donors (Lipinski definition) is 2. The van der Waals surface area contributed by atoms with Crippen LogP contribution in [0, 0.1) is 0 Å². The zero-order chi connectivity index (χ0) is 15.3. The maximum absolute atomic E-state index is 12.4. The van der Waals surface area contributed by atoms with Crippen molar-refractivity contribution in [2.75, 3.05) is 11.5 Å². The molecule has 21 heavy (non-hydrogen) atoms. The van der Waals surface area contributed by atoms with Gasteiger partial charge < -0.3 is 5.32 Å². The number of rotatable bonds is 6. The summed E-state index contributed by atoms with van der Waals surface area (Å²) in [7, 11) is -3.41. The van der Waals surface area contributed by atoms with E-state index in [2.05, 4.69) is 23.9 Å². The summed E-state index contributed by atoms with van der Waals surface area (Å²) in [5.41, 5.74) is 0.990. The Morgan fingerprint density at radius 3 is 2.86 bits per heavy atom. The van der Waals surface area contributed by atoms with Crippen molar-refractivity contribution < 1.29 is 8.42 Å². The summed E-state index contributed by atoms with van der Waals surface area (Å²) in [5, 5.41) is 3.30. The SMILES string of the molecule is CC(C)NCc1cccc(S(=O)(=O)NC2CCCSC2)c1. The van der Waals surface area contributed by atoms with Gasteiger partial charge in [-0.2, -0.15) is 11.8 Å². The third-order valence-corrected chi connectivity index (χ3v) is 6.14. The number of hydrogen-bond acceptors (Lipinski definition) is 4. The first kappa shape index (κ1) is 16.8. The quantitative estimate of drug-likeness (QED) is 0.842. The second-order valence-corrected chi connectivity index (χ2v) is 8.58. The average molecular weight is 329 g/mol. The van der Waals surface area contributed by atoms with Crippen molar-refractivity contribution in [1.82, 2.24) is 10.0 Å². The largest absolute Gasteiger partial charge is 0.310 e. The highest BCUT2D eigenvalue weighted by atomic mass is 32.2. The molecule has 1 heterocycles. The van der Waals surface area contributed by atoms with Crippen LogP contribution in [0.25, 0.3) is 0 Å². The summed E-state index contributed by atoms with van der Waals surface area (Å²) in [6.45, 7) is 4.83. The van der Waals surface area contributed by atoms with E-state index < -0.39 is 10.0 Å². The highest BCUT2D eigenvalue weighted by molar-refractivity contribution is 7.99. The molecular formula is C15H24N2O2S2. The summed E-state index contributed by atoms with van der Waals surface area (Å²) in [4.78, 5) is 0.362. The molecule has 1 aliphatic heterocycles. The van der Waals surface area contributed by atoms with E-state index in [-0.39, 0.29) is 6.04 Å². The molecule has 4 nitrogen and oxygen atoms in total. The molecule has 1 aromatic rings. The van der Waals surface area contributed by atoms with E-state index >= 15 is 0 Å². The van der Waals surface area contributed by atoms with Crippen LogP contribution in [-0.2, 0) is 16.6 Å². The molecule has 118 valence electrons. The van der Waals surface area contributed by atoms with Gasteiger partial charge in [-0.05, 0) is 36.3 Å². The lowest BCUT2D eigenvalue weighted by molar-refractivity contribution is 0.542. The van der Waals surface area contributed by atoms with Gasteiger partial charge in [-0.25, -0.2) is 13.1 Å². The number of thioether (sulfide) groups is 1.